The minimum Gasteiger partial charge on any atom is -0.382 e. The van der Waals surface area contributed by atoms with E-state index in [1.54, 1.807) is 11.8 Å². The van der Waals surface area contributed by atoms with Crippen LogP contribution in [0.5, 0.6) is 0 Å². The topological polar surface area (TPSA) is 47.3 Å². The second-order valence-corrected chi connectivity index (χ2v) is 4.91. The van der Waals surface area contributed by atoms with Gasteiger partial charge in [-0.2, -0.15) is 5.10 Å². The van der Waals surface area contributed by atoms with Crippen LogP contribution in [0.25, 0.3) is 0 Å². The van der Waals surface area contributed by atoms with Crippen molar-refractivity contribution in [3.8, 4) is 0 Å². The fraction of sp³-hybridized carbons (Fsp3) is 0.400. The molecule has 0 aliphatic heterocycles. The minimum absolute atomic E-state index is 0.251. The van der Waals surface area contributed by atoms with Crippen LogP contribution in [0, 0.1) is 6.92 Å². The second kappa shape index (κ2) is 5.55. The summed E-state index contributed by atoms with van der Waals surface area (Å²) in [5.41, 5.74) is 1.76. The molecule has 19 heavy (non-hydrogen) atoms. The van der Waals surface area contributed by atoms with Crippen molar-refractivity contribution < 1.29 is 9.84 Å². The van der Waals surface area contributed by atoms with Gasteiger partial charge in [-0.15, -0.1) is 0 Å². The van der Waals surface area contributed by atoms with Crippen LogP contribution in [0.1, 0.15) is 17.0 Å². The van der Waals surface area contributed by atoms with Crippen molar-refractivity contribution >= 4 is 0 Å². The third-order valence-electron chi connectivity index (χ3n) is 3.27. The number of nitrogens with zero attached hydrogens (tertiary/aromatic N) is 2. The maximum Gasteiger partial charge on any atom is 0.118 e. The highest BCUT2D eigenvalue weighted by molar-refractivity contribution is 5.25. The summed E-state index contributed by atoms with van der Waals surface area (Å²) in [6, 6.07) is 11.6. The van der Waals surface area contributed by atoms with Gasteiger partial charge in [0.2, 0.25) is 0 Å². The highest BCUT2D eigenvalue weighted by atomic mass is 16.5. The Balaban J connectivity index is 2.32. The molecule has 102 valence electrons. The first-order valence-electron chi connectivity index (χ1n) is 6.31. The van der Waals surface area contributed by atoms with Crippen LogP contribution in [0.15, 0.2) is 36.4 Å². The fourth-order valence-electron chi connectivity index (χ4n) is 2.35. The molecule has 1 unspecified atom stereocenters. The molecule has 0 bridgehead atoms. The molecule has 4 heteroatoms. The molecular formula is C15H20N2O2. The Morgan fingerprint density at radius 1 is 1.32 bits per heavy atom. The monoisotopic (exact) mass is 260 g/mol. The summed E-state index contributed by atoms with van der Waals surface area (Å²) in [5, 5.41) is 15.2. The maximum atomic E-state index is 10.9. The summed E-state index contributed by atoms with van der Waals surface area (Å²) in [7, 11) is 3.49. The average Bonchev–Trinajstić information content (AvgIpc) is 2.69. The van der Waals surface area contributed by atoms with E-state index >= 15 is 0 Å². The van der Waals surface area contributed by atoms with Crippen molar-refractivity contribution in [1.29, 1.82) is 0 Å². The van der Waals surface area contributed by atoms with Gasteiger partial charge in [-0.25, -0.2) is 0 Å². The molecule has 0 fully saturated rings. The van der Waals surface area contributed by atoms with Crippen molar-refractivity contribution in [2.75, 3.05) is 13.7 Å². The number of aliphatic hydroxyl groups is 1. The number of hydrogen-bond donors (Lipinski definition) is 1. The van der Waals surface area contributed by atoms with Crippen LogP contribution in [-0.2, 0) is 23.8 Å². The van der Waals surface area contributed by atoms with Crippen molar-refractivity contribution in [2.24, 2.45) is 7.05 Å². The van der Waals surface area contributed by atoms with Crippen LogP contribution in [0.4, 0.5) is 0 Å². The van der Waals surface area contributed by atoms with E-state index in [-0.39, 0.29) is 6.61 Å². The summed E-state index contributed by atoms with van der Waals surface area (Å²) in [6.07, 6.45) is 0.474. The lowest BCUT2D eigenvalue weighted by atomic mass is 9.89. The largest absolute Gasteiger partial charge is 0.382 e. The molecule has 0 spiro atoms. The van der Waals surface area contributed by atoms with Gasteiger partial charge in [0.15, 0.2) is 0 Å². The zero-order chi connectivity index (χ0) is 13.9. The number of aryl methyl sites for hydroxylation is 2. The van der Waals surface area contributed by atoms with E-state index in [1.807, 2.05) is 50.4 Å². The Morgan fingerprint density at radius 3 is 2.53 bits per heavy atom. The van der Waals surface area contributed by atoms with Gasteiger partial charge in [0.1, 0.15) is 5.60 Å². The van der Waals surface area contributed by atoms with Gasteiger partial charge < -0.3 is 9.84 Å². The van der Waals surface area contributed by atoms with Gasteiger partial charge in [-0.3, -0.25) is 4.68 Å². The molecular weight excluding hydrogens is 240 g/mol. The van der Waals surface area contributed by atoms with E-state index in [4.69, 9.17) is 4.74 Å². The summed E-state index contributed by atoms with van der Waals surface area (Å²) in [5.74, 6) is 0. The molecule has 1 atom stereocenters. The Kier molecular flexibility index (Phi) is 4.02. The third kappa shape index (κ3) is 3.03. The van der Waals surface area contributed by atoms with Crippen molar-refractivity contribution in [3.63, 3.8) is 0 Å². The van der Waals surface area contributed by atoms with E-state index in [2.05, 4.69) is 5.10 Å². The van der Waals surface area contributed by atoms with Crippen molar-refractivity contribution in [2.45, 2.75) is 18.9 Å². The maximum absolute atomic E-state index is 10.9. The second-order valence-electron chi connectivity index (χ2n) is 4.91. The van der Waals surface area contributed by atoms with Crippen LogP contribution in [0.3, 0.4) is 0 Å². The molecule has 4 nitrogen and oxygen atoms in total. The van der Waals surface area contributed by atoms with Crippen LogP contribution in [-0.4, -0.2) is 28.6 Å². The van der Waals surface area contributed by atoms with E-state index in [0.717, 1.165) is 17.0 Å². The standard InChI is InChI=1S/C15H20N2O2/c1-12-9-14(17(2)16-12)10-15(18,11-19-3)13-7-5-4-6-8-13/h4-9,18H,10-11H2,1-3H3. The highest BCUT2D eigenvalue weighted by Gasteiger charge is 2.30. The molecule has 2 aromatic rings. The van der Waals surface area contributed by atoms with Gasteiger partial charge in [-0.05, 0) is 18.6 Å². The molecule has 2 rings (SSSR count). The summed E-state index contributed by atoms with van der Waals surface area (Å²) < 4.78 is 7.01. The molecule has 0 saturated carbocycles. The molecule has 0 aliphatic rings. The lowest BCUT2D eigenvalue weighted by Gasteiger charge is -2.28. The fourth-order valence-corrected chi connectivity index (χ4v) is 2.35. The quantitative estimate of drug-likeness (QED) is 0.892. The SMILES string of the molecule is COCC(O)(Cc1cc(C)nn1C)c1ccccc1. The third-order valence-corrected chi connectivity index (χ3v) is 3.27. The lowest BCUT2D eigenvalue weighted by Crippen LogP contribution is -2.34. The molecule has 1 heterocycles. The summed E-state index contributed by atoms with van der Waals surface area (Å²) >= 11 is 0. The number of hydrogen-bond acceptors (Lipinski definition) is 3. The lowest BCUT2D eigenvalue weighted by molar-refractivity contribution is -0.0367. The number of aromatic nitrogens is 2. The van der Waals surface area contributed by atoms with Gasteiger partial charge in [-0.1, -0.05) is 30.3 Å². The molecule has 1 aromatic carbocycles. The Labute approximate surface area is 113 Å². The number of methoxy groups -OCH3 is 1. The van der Waals surface area contributed by atoms with Crippen LogP contribution in [0.2, 0.25) is 0 Å². The van der Waals surface area contributed by atoms with E-state index in [0.29, 0.717) is 6.42 Å². The zero-order valence-electron chi connectivity index (χ0n) is 11.6. The predicted molar refractivity (Wildman–Crippen MR) is 73.9 cm³/mol. The molecule has 1 N–H and O–H groups in total. The first-order chi connectivity index (χ1) is 9.05. The Hall–Kier alpha value is -1.65. The van der Waals surface area contributed by atoms with Gasteiger partial charge in [0.25, 0.3) is 0 Å². The molecule has 0 amide bonds. The normalized spacial score (nSPS) is 14.3. The number of rotatable bonds is 5. The summed E-state index contributed by atoms with van der Waals surface area (Å²) in [4.78, 5) is 0. The van der Waals surface area contributed by atoms with Gasteiger partial charge in [0, 0.05) is 26.3 Å². The Morgan fingerprint density at radius 2 is 2.00 bits per heavy atom. The first kappa shape index (κ1) is 13.8. The molecule has 0 aliphatic carbocycles. The van der Waals surface area contributed by atoms with Crippen molar-refractivity contribution in [1.82, 2.24) is 9.78 Å². The smallest absolute Gasteiger partial charge is 0.118 e. The van der Waals surface area contributed by atoms with E-state index in [1.165, 1.54) is 0 Å². The minimum atomic E-state index is -1.03. The molecule has 0 radical (unpaired) electrons. The zero-order valence-corrected chi connectivity index (χ0v) is 11.6. The van der Waals surface area contributed by atoms with E-state index in [9.17, 15) is 5.11 Å². The Bertz CT molecular complexity index is 536. The van der Waals surface area contributed by atoms with Crippen molar-refractivity contribution in [3.05, 3.63) is 53.3 Å². The highest BCUT2D eigenvalue weighted by Crippen LogP contribution is 2.26. The van der Waals surface area contributed by atoms with Gasteiger partial charge >= 0.3 is 0 Å². The molecule has 1 aromatic heterocycles. The van der Waals surface area contributed by atoms with E-state index < -0.39 is 5.60 Å². The average molecular weight is 260 g/mol. The first-order valence-corrected chi connectivity index (χ1v) is 6.31. The number of ether oxygens (including phenoxy) is 1. The summed E-state index contributed by atoms with van der Waals surface area (Å²) in [6.45, 7) is 2.20. The number of benzene rings is 1. The van der Waals surface area contributed by atoms with Gasteiger partial charge in [0.05, 0.1) is 12.3 Å². The van der Waals surface area contributed by atoms with Crippen LogP contribution >= 0.6 is 0 Å². The van der Waals surface area contributed by atoms with Crippen LogP contribution < -0.4 is 0 Å². The molecule has 0 saturated heterocycles. The predicted octanol–water partition coefficient (Wildman–Crippen LogP) is 1.81.